The fraction of sp³-hybridized carbons (Fsp3) is 0.250. The number of benzene rings is 2. The smallest absolute Gasteiger partial charge is 0.260 e. The molecule has 2 aromatic carbocycles. The molecular formula is C20H21NO3. The van der Waals surface area contributed by atoms with Crippen LogP contribution in [0, 0.1) is 0 Å². The first-order valence-corrected chi connectivity index (χ1v) is 8.11. The van der Waals surface area contributed by atoms with Crippen molar-refractivity contribution in [1.29, 1.82) is 0 Å². The summed E-state index contributed by atoms with van der Waals surface area (Å²) in [5, 5.41) is 4.04. The van der Waals surface area contributed by atoms with Gasteiger partial charge in [0.15, 0.2) is 6.10 Å². The minimum atomic E-state index is -0.550. The van der Waals surface area contributed by atoms with Crippen LogP contribution in [-0.2, 0) is 11.2 Å². The molecule has 0 fully saturated rings. The molecule has 0 radical (unpaired) electrons. The molecule has 0 aliphatic heterocycles. The number of hydrogen-bond donors (Lipinski definition) is 1. The normalized spacial score (nSPS) is 13.4. The fourth-order valence-electron chi connectivity index (χ4n) is 2.61. The maximum Gasteiger partial charge on any atom is 0.260 e. The SMILES string of the molecule is C[C@H](Oc1ccccc1)C(=O)N[C@@H](C)Cc1cc2ccccc2o1. The highest BCUT2D eigenvalue weighted by Gasteiger charge is 2.18. The lowest BCUT2D eigenvalue weighted by Gasteiger charge is -2.18. The molecule has 4 nitrogen and oxygen atoms in total. The van der Waals surface area contributed by atoms with Crippen LogP contribution in [0.1, 0.15) is 19.6 Å². The van der Waals surface area contributed by atoms with Crippen LogP contribution in [0.25, 0.3) is 11.0 Å². The van der Waals surface area contributed by atoms with E-state index < -0.39 is 6.10 Å². The lowest BCUT2D eigenvalue weighted by molar-refractivity contribution is -0.127. The first-order valence-electron chi connectivity index (χ1n) is 8.11. The summed E-state index contributed by atoms with van der Waals surface area (Å²) >= 11 is 0. The Hall–Kier alpha value is -2.75. The Morgan fingerprint density at radius 2 is 1.79 bits per heavy atom. The van der Waals surface area contributed by atoms with E-state index in [0.717, 1.165) is 16.7 Å². The Labute approximate surface area is 141 Å². The monoisotopic (exact) mass is 323 g/mol. The minimum Gasteiger partial charge on any atom is -0.481 e. The van der Waals surface area contributed by atoms with E-state index in [1.165, 1.54) is 0 Å². The molecule has 1 amide bonds. The van der Waals surface area contributed by atoms with Gasteiger partial charge < -0.3 is 14.5 Å². The Kier molecular flexibility index (Phi) is 4.85. The van der Waals surface area contributed by atoms with E-state index in [1.807, 2.05) is 67.6 Å². The summed E-state index contributed by atoms with van der Waals surface area (Å²) in [4.78, 5) is 12.3. The summed E-state index contributed by atoms with van der Waals surface area (Å²) in [6.45, 7) is 3.70. The highest BCUT2D eigenvalue weighted by atomic mass is 16.5. The molecule has 3 aromatic rings. The molecule has 1 heterocycles. The molecule has 1 N–H and O–H groups in total. The van der Waals surface area contributed by atoms with Crippen molar-refractivity contribution in [2.24, 2.45) is 0 Å². The Morgan fingerprint density at radius 3 is 2.54 bits per heavy atom. The van der Waals surface area contributed by atoms with Crippen LogP contribution >= 0.6 is 0 Å². The molecule has 0 aliphatic carbocycles. The van der Waals surface area contributed by atoms with Gasteiger partial charge in [-0.2, -0.15) is 0 Å². The molecule has 124 valence electrons. The van der Waals surface area contributed by atoms with Crippen LogP contribution in [0.4, 0.5) is 0 Å². The van der Waals surface area contributed by atoms with Crippen molar-refractivity contribution in [3.8, 4) is 5.75 Å². The van der Waals surface area contributed by atoms with Gasteiger partial charge in [-0.15, -0.1) is 0 Å². The Balaban J connectivity index is 1.55. The average molecular weight is 323 g/mol. The largest absolute Gasteiger partial charge is 0.481 e. The van der Waals surface area contributed by atoms with Crippen molar-refractivity contribution < 1.29 is 13.9 Å². The van der Waals surface area contributed by atoms with E-state index in [2.05, 4.69) is 5.32 Å². The third-order valence-corrected chi connectivity index (χ3v) is 3.80. The Bertz CT molecular complexity index is 777. The van der Waals surface area contributed by atoms with Gasteiger partial charge in [0.2, 0.25) is 0 Å². The van der Waals surface area contributed by atoms with Gasteiger partial charge in [-0.3, -0.25) is 4.79 Å². The summed E-state index contributed by atoms with van der Waals surface area (Å²) in [6, 6.07) is 19.2. The van der Waals surface area contributed by atoms with Gasteiger partial charge in [-0.1, -0.05) is 36.4 Å². The zero-order valence-corrected chi connectivity index (χ0v) is 13.9. The number of ether oxygens (including phenoxy) is 1. The zero-order valence-electron chi connectivity index (χ0n) is 13.9. The number of furan rings is 1. The maximum atomic E-state index is 12.3. The van der Waals surface area contributed by atoms with Crippen molar-refractivity contribution in [3.63, 3.8) is 0 Å². The summed E-state index contributed by atoms with van der Waals surface area (Å²) in [6.07, 6.45) is 0.0869. The minimum absolute atomic E-state index is 0.0418. The lowest BCUT2D eigenvalue weighted by atomic mass is 10.1. The average Bonchev–Trinajstić information content (AvgIpc) is 2.97. The second-order valence-electron chi connectivity index (χ2n) is 5.94. The van der Waals surface area contributed by atoms with E-state index in [4.69, 9.17) is 9.15 Å². The van der Waals surface area contributed by atoms with E-state index in [9.17, 15) is 4.79 Å². The molecule has 24 heavy (non-hydrogen) atoms. The van der Waals surface area contributed by atoms with Gasteiger partial charge in [0.1, 0.15) is 17.1 Å². The first kappa shape index (κ1) is 16.1. The number of carbonyl (C=O) groups is 1. The van der Waals surface area contributed by atoms with Gasteiger partial charge in [-0.25, -0.2) is 0 Å². The third-order valence-electron chi connectivity index (χ3n) is 3.80. The summed E-state index contributed by atoms with van der Waals surface area (Å²) in [7, 11) is 0. The molecular weight excluding hydrogens is 302 g/mol. The maximum absolute atomic E-state index is 12.3. The number of nitrogens with one attached hydrogen (secondary N) is 1. The molecule has 0 bridgehead atoms. The topological polar surface area (TPSA) is 51.5 Å². The third kappa shape index (κ3) is 3.96. The van der Waals surface area contributed by atoms with Gasteiger partial charge in [0.05, 0.1) is 0 Å². The molecule has 0 spiro atoms. The number of para-hydroxylation sites is 2. The predicted octanol–water partition coefficient (Wildman–Crippen LogP) is 3.95. The number of amides is 1. The molecule has 4 heteroatoms. The van der Waals surface area contributed by atoms with Crippen molar-refractivity contribution >= 4 is 16.9 Å². The van der Waals surface area contributed by atoms with Crippen molar-refractivity contribution in [2.45, 2.75) is 32.4 Å². The van der Waals surface area contributed by atoms with Crippen molar-refractivity contribution in [3.05, 3.63) is 66.4 Å². The fourth-order valence-corrected chi connectivity index (χ4v) is 2.61. The van der Waals surface area contributed by atoms with E-state index in [0.29, 0.717) is 12.2 Å². The van der Waals surface area contributed by atoms with Crippen LogP contribution in [0.15, 0.2) is 65.1 Å². The molecule has 1 aromatic heterocycles. The summed E-state index contributed by atoms with van der Waals surface area (Å²) in [5.74, 6) is 1.41. The quantitative estimate of drug-likeness (QED) is 0.747. The van der Waals surface area contributed by atoms with Gasteiger partial charge in [0, 0.05) is 17.8 Å². The highest BCUT2D eigenvalue weighted by molar-refractivity contribution is 5.81. The highest BCUT2D eigenvalue weighted by Crippen LogP contribution is 2.19. The molecule has 0 aliphatic rings. The molecule has 2 atom stereocenters. The molecule has 0 saturated heterocycles. The second kappa shape index (κ2) is 7.21. The number of carbonyl (C=O) groups excluding carboxylic acids is 1. The second-order valence-corrected chi connectivity index (χ2v) is 5.94. The van der Waals surface area contributed by atoms with Gasteiger partial charge in [0.25, 0.3) is 5.91 Å². The number of hydrogen-bond acceptors (Lipinski definition) is 3. The van der Waals surface area contributed by atoms with Crippen molar-refractivity contribution in [2.75, 3.05) is 0 Å². The van der Waals surface area contributed by atoms with E-state index >= 15 is 0 Å². The predicted molar refractivity (Wildman–Crippen MR) is 94.1 cm³/mol. The van der Waals surface area contributed by atoms with Crippen LogP contribution in [-0.4, -0.2) is 18.1 Å². The number of rotatable bonds is 6. The van der Waals surface area contributed by atoms with E-state index in [1.54, 1.807) is 6.92 Å². The summed E-state index contributed by atoms with van der Waals surface area (Å²) < 4.78 is 11.4. The zero-order chi connectivity index (χ0) is 16.9. The Morgan fingerprint density at radius 1 is 1.08 bits per heavy atom. The van der Waals surface area contributed by atoms with Crippen LogP contribution in [0.2, 0.25) is 0 Å². The van der Waals surface area contributed by atoms with Crippen molar-refractivity contribution in [1.82, 2.24) is 5.32 Å². The van der Waals surface area contributed by atoms with Crippen LogP contribution < -0.4 is 10.1 Å². The van der Waals surface area contributed by atoms with Gasteiger partial charge in [-0.05, 0) is 38.1 Å². The molecule has 0 saturated carbocycles. The van der Waals surface area contributed by atoms with Gasteiger partial charge >= 0.3 is 0 Å². The first-order chi connectivity index (χ1) is 11.6. The standard InChI is InChI=1S/C20H21NO3/c1-14(12-18-13-16-8-6-7-11-19(16)24-18)21-20(22)15(2)23-17-9-4-3-5-10-17/h3-11,13-15H,12H2,1-2H3,(H,21,22)/t14-,15-/m0/s1. The molecule has 3 rings (SSSR count). The number of fused-ring (bicyclic) bond motifs is 1. The van der Waals surface area contributed by atoms with Crippen LogP contribution in [0.5, 0.6) is 5.75 Å². The molecule has 0 unspecified atom stereocenters. The van der Waals surface area contributed by atoms with Crippen LogP contribution in [0.3, 0.4) is 0 Å². The van der Waals surface area contributed by atoms with E-state index in [-0.39, 0.29) is 11.9 Å². The lowest BCUT2D eigenvalue weighted by Crippen LogP contribution is -2.42. The summed E-state index contributed by atoms with van der Waals surface area (Å²) in [5.41, 5.74) is 0.867.